The largest absolute Gasteiger partial charge is 0.350 e. The van der Waals surface area contributed by atoms with Gasteiger partial charge in [0.25, 0.3) is 0 Å². The van der Waals surface area contributed by atoms with Gasteiger partial charge in [-0.2, -0.15) is 0 Å². The number of sulfone groups is 1. The molecule has 0 amide bonds. The highest BCUT2D eigenvalue weighted by atomic mass is 32.2. The van der Waals surface area contributed by atoms with Crippen molar-refractivity contribution in [2.24, 2.45) is 0 Å². The number of rotatable bonds is 2. The number of nitrogens with zero attached hydrogens (tertiary/aromatic N) is 2. The van der Waals surface area contributed by atoms with Crippen LogP contribution in [0, 0.1) is 5.82 Å². The molecule has 1 N–H and O–H groups in total. The summed E-state index contributed by atoms with van der Waals surface area (Å²) < 4.78 is 34.8. The third-order valence-corrected chi connectivity index (χ3v) is 3.95. The van der Waals surface area contributed by atoms with E-state index in [1.165, 1.54) is 0 Å². The Balaban J connectivity index is 2.02. The summed E-state index contributed by atoms with van der Waals surface area (Å²) >= 11 is 0. The highest BCUT2D eigenvalue weighted by molar-refractivity contribution is 7.91. The van der Waals surface area contributed by atoms with Crippen LogP contribution in [0.25, 0.3) is 0 Å². The van der Waals surface area contributed by atoms with Gasteiger partial charge in [0.2, 0.25) is 5.95 Å². The number of nitrogens with one attached hydrogen (secondary N) is 1. The molecule has 1 fully saturated rings. The Bertz CT molecular complexity index is 445. The predicted molar refractivity (Wildman–Crippen MR) is 52.7 cm³/mol. The Morgan fingerprint density at radius 1 is 1.40 bits per heavy atom. The lowest BCUT2D eigenvalue weighted by atomic mass is 10.3. The van der Waals surface area contributed by atoms with Crippen LogP contribution in [0.4, 0.5) is 10.3 Å². The first kappa shape index (κ1) is 10.3. The van der Waals surface area contributed by atoms with E-state index >= 15 is 0 Å². The molecule has 1 saturated heterocycles. The van der Waals surface area contributed by atoms with Gasteiger partial charge in [-0.15, -0.1) is 0 Å². The van der Waals surface area contributed by atoms with Gasteiger partial charge in [-0.1, -0.05) is 0 Å². The summed E-state index contributed by atoms with van der Waals surface area (Å²) in [5.41, 5.74) is 0. The lowest BCUT2D eigenvalue weighted by Gasteiger charge is -2.09. The molecular formula is C8H10FN3O2S. The maximum atomic E-state index is 12.5. The van der Waals surface area contributed by atoms with Crippen molar-refractivity contribution in [2.75, 3.05) is 16.8 Å². The van der Waals surface area contributed by atoms with Crippen molar-refractivity contribution in [3.63, 3.8) is 0 Å². The molecule has 1 aromatic rings. The average Bonchev–Trinajstić information content (AvgIpc) is 2.50. The Hall–Kier alpha value is -1.24. The zero-order valence-corrected chi connectivity index (χ0v) is 8.67. The Morgan fingerprint density at radius 3 is 2.60 bits per heavy atom. The van der Waals surface area contributed by atoms with Crippen LogP contribution >= 0.6 is 0 Å². The second-order valence-electron chi connectivity index (χ2n) is 3.47. The fourth-order valence-corrected chi connectivity index (χ4v) is 3.15. The summed E-state index contributed by atoms with van der Waals surface area (Å²) in [5, 5.41) is 2.86. The number of anilines is 1. The van der Waals surface area contributed by atoms with Gasteiger partial charge >= 0.3 is 0 Å². The predicted octanol–water partition coefficient (Wildman–Crippen LogP) is 0.215. The Labute approximate surface area is 86.7 Å². The SMILES string of the molecule is O=S1(=O)CC[C@H](Nc2ncc(F)cn2)C1. The molecule has 1 aliphatic heterocycles. The fraction of sp³-hybridized carbons (Fsp3) is 0.500. The minimum atomic E-state index is -2.92. The molecule has 0 aromatic carbocycles. The molecule has 82 valence electrons. The zero-order chi connectivity index (χ0) is 10.9. The van der Waals surface area contributed by atoms with Gasteiger partial charge in [0.05, 0.1) is 23.9 Å². The van der Waals surface area contributed by atoms with Crippen LogP contribution in [0.3, 0.4) is 0 Å². The molecule has 0 saturated carbocycles. The summed E-state index contributed by atoms with van der Waals surface area (Å²) in [5.74, 6) is 0.0256. The number of halogens is 1. The normalized spacial score (nSPS) is 23.9. The zero-order valence-electron chi connectivity index (χ0n) is 7.85. The number of hydrogen-bond acceptors (Lipinski definition) is 5. The van der Waals surface area contributed by atoms with Gasteiger partial charge in [-0.05, 0) is 6.42 Å². The molecule has 1 aromatic heterocycles. The number of aromatic nitrogens is 2. The molecule has 0 aliphatic carbocycles. The maximum Gasteiger partial charge on any atom is 0.223 e. The van der Waals surface area contributed by atoms with Crippen molar-refractivity contribution in [1.82, 2.24) is 9.97 Å². The average molecular weight is 231 g/mol. The molecule has 0 bridgehead atoms. The van der Waals surface area contributed by atoms with Crippen molar-refractivity contribution in [1.29, 1.82) is 0 Å². The van der Waals surface area contributed by atoms with E-state index in [9.17, 15) is 12.8 Å². The highest BCUT2D eigenvalue weighted by Gasteiger charge is 2.28. The van der Waals surface area contributed by atoms with E-state index in [0.717, 1.165) is 12.4 Å². The van der Waals surface area contributed by atoms with Gasteiger partial charge in [-0.3, -0.25) is 0 Å². The van der Waals surface area contributed by atoms with Crippen LogP contribution in [0.2, 0.25) is 0 Å². The van der Waals surface area contributed by atoms with Crippen LogP contribution in [-0.4, -0.2) is 35.9 Å². The Kier molecular flexibility index (Phi) is 2.56. The van der Waals surface area contributed by atoms with Gasteiger partial charge in [-0.25, -0.2) is 22.8 Å². The molecule has 0 spiro atoms. The van der Waals surface area contributed by atoms with Crippen LogP contribution in [0.1, 0.15) is 6.42 Å². The van der Waals surface area contributed by atoms with E-state index in [1.807, 2.05) is 0 Å². The van der Waals surface area contributed by atoms with Crippen LogP contribution < -0.4 is 5.32 Å². The van der Waals surface area contributed by atoms with Gasteiger partial charge < -0.3 is 5.32 Å². The topological polar surface area (TPSA) is 72.0 Å². The second-order valence-corrected chi connectivity index (χ2v) is 5.70. The van der Waals surface area contributed by atoms with Crippen molar-refractivity contribution in [2.45, 2.75) is 12.5 Å². The Morgan fingerprint density at radius 2 is 2.07 bits per heavy atom. The molecule has 15 heavy (non-hydrogen) atoms. The third-order valence-electron chi connectivity index (χ3n) is 2.19. The first-order valence-electron chi connectivity index (χ1n) is 4.50. The van der Waals surface area contributed by atoms with E-state index in [1.54, 1.807) is 0 Å². The lowest BCUT2D eigenvalue weighted by molar-refractivity contribution is 0.601. The summed E-state index contributed by atoms with van der Waals surface area (Å²) in [6.45, 7) is 0. The molecule has 7 heteroatoms. The second kappa shape index (κ2) is 3.73. The first-order valence-corrected chi connectivity index (χ1v) is 6.32. The van der Waals surface area contributed by atoms with E-state index < -0.39 is 15.7 Å². The van der Waals surface area contributed by atoms with Crippen molar-refractivity contribution in [3.05, 3.63) is 18.2 Å². The summed E-state index contributed by atoms with van der Waals surface area (Å²) in [7, 11) is -2.92. The van der Waals surface area contributed by atoms with E-state index in [-0.39, 0.29) is 23.5 Å². The minimum Gasteiger partial charge on any atom is -0.350 e. The van der Waals surface area contributed by atoms with E-state index in [2.05, 4.69) is 15.3 Å². The summed E-state index contributed by atoms with van der Waals surface area (Å²) in [4.78, 5) is 7.39. The molecule has 2 rings (SSSR count). The third kappa shape index (κ3) is 2.62. The first-order chi connectivity index (χ1) is 7.05. The smallest absolute Gasteiger partial charge is 0.223 e. The standard InChI is InChI=1S/C8H10FN3O2S/c9-6-3-10-8(11-4-6)12-7-1-2-15(13,14)5-7/h3-4,7H,1-2,5H2,(H,10,11,12)/t7-/m0/s1. The van der Waals surface area contributed by atoms with Crippen LogP contribution in [0.15, 0.2) is 12.4 Å². The van der Waals surface area contributed by atoms with Crippen molar-refractivity contribution in [3.8, 4) is 0 Å². The summed E-state index contributed by atoms with van der Waals surface area (Å²) in [6, 6.07) is -0.166. The fourth-order valence-electron chi connectivity index (χ4n) is 1.48. The van der Waals surface area contributed by atoms with Crippen LogP contribution in [-0.2, 0) is 9.84 Å². The van der Waals surface area contributed by atoms with Gasteiger partial charge in [0.15, 0.2) is 15.7 Å². The van der Waals surface area contributed by atoms with Gasteiger partial charge in [0, 0.05) is 6.04 Å². The summed E-state index contributed by atoms with van der Waals surface area (Å²) in [6.07, 6.45) is 2.63. The minimum absolute atomic E-state index is 0.0910. The molecule has 0 radical (unpaired) electrons. The maximum absolute atomic E-state index is 12.5. The quantitative estimate of drug-likeness (QED) is 0.788. The molecule has 0 unspecified atom stereocenters. The molecule has 2 heterocycles. The van der Waals surface area contributed by atoms with E-state index in [4.69, 9.17) is 0 Å². The van der Waals surface area contributed by atoms with Crippen molar-refractivity contribution < 1.29 is 12.8 Å². The molecular weight excluding hydrogens is 221 g/mol. The molecule has 5 nitrogen and oxygen atoms in total. The van der Waals surface area contributed by atoms with Crippen molar-refractivity contribution >= 4 is 15.8 Å². The lowest BCUT2D eigenvalue weighted by Crippen LogP contribution is -2.21. The molecule has 1 atom stereocenters. The van der Waals surface area contributed by atoms with Gasteiger partial charge in [0.1, 0.15) is 0 Å². The molecule has 1 aliphatic rings. The monoisotopic (exact) mass is 231 g/mol. The number of hydrogen-bond donors (Lipinski definition) is 1. The highest BCUT2D eigenvalue weighted by Crippen LogP contribution is 2.14. The van der Waals surface area contributed by atoms with Crippen LogP contribution in [0.5, 0.6) is 0 Å². The van der Waals surface area contributed by atoms with E-state index in [0.29, 0.717) is 6.42 Å².